The van der Waals surface area contributed by atoms with E-state index in [2.05, 4.69) is 27.7 Å². The molecule has 13 heavy (non-hydrogen) atoms. The van der Waals surface area contributed by atoms with Gasteiger partial charge in [-0.25, -0.2) is 0 Å². The van der Waals surface area contributed by atoms with Crippen LogP contribution in [0.2, 0.25) is 0 Å². The predicted molar refractivity (Wildman–Crippen MR) is 56.6 cm³/mol. The second-order valence-electron chi connectivity index (χ2n) is 4.55. The van der Waals surface area contributed by atoms with E-state index in [0.29, 0.717) is 6.61 Å². The summed E-state index contributed by atoms with van der Waals surface area (Å²) in [6.07, 6.45) is 3.57. The number of hydrogen-bond donors (Lipinski definition) is 0. The Morgan fingerprint density at radius 2 is 1.77 bits per heavy atom. The molecule has 0 spiro atoms. The molecule has 0 aromatic rings. The Bertz CT molecular complexity index is 110. The van der Waals surface area contributed by atoms with Crippen molar-refractivity contribution in [2.24, 2.45) is 5.41 Å². The maximum atomic E-state index is 5.23. The lowest BCUT2D eigenvalue weighted by molar-refractivity contribution is 0.157. The number of hydrogen-bond acceptors (Lipinski definition) is 2. The first-order valence-corrected chi connectivity index (χ1v) is 5.11. The Kier molecular flexibility index (Phi) is 7.39. The molecule has 0 heterocycles. The maximum absolute atomic E-state index is 5.23. The molecule has 1 radical (unpaired) electrons. The molecule has 0 aliphatic rings. The second kappa shape index (κ2) is 7.39. The summed E-state index contributed by atoms with van der Waals surface area (Å²) in [6.45, 7) is 10.1. The highest BCUT2D eigenvalue weighted by atomic mass is 16.6. The zero-order valence-corrected chi connectivity index (χ0v) is 9.43. The fraction of sp³-hybridized carbons (Fsp3) is 1.00. The Balaban J connectivity index is 3.00. The van der Waals surface area contributed by atoms with Crippen LogP contribution in [0.3, 0.4) is 0 Å². The average molecular weight is 185 g/mol. The molecular formula is C10H22BO2. The van der Waals surface area contributed by atoms with Crippen LogP contribution < -0.4 is 0 Å². The van der Waals surface area contributed by atoms with Gasteiger partial charge in [-0.05, 0) is 11.8 Å². The van der Waals surface area contributed by atoms with E-state index in [1.54, 1.807) is 0 Å². The van der Waals surface area contributed by atoms with Gasteiger partial charge in [-0.1, -0.05) is 40.5 Å². The summed E-state index contributed by atoms with van der Waals surface area (Å²) in [4.78, 5) is 0. The third-order valence-corrected chi connectivity index (χ3v) is 1.52. The number of unbranched alkanes of at least 4 members (excludes halogenated alkanes) is 2. The van der Waals surface area contributed by atoms with Gasteiger partial charge in [-0.15, -0.1) is 0 Å². The van der Waals surface area contributed by atoms with E-state index in [-0.39, 0.29) is 5.41 Å². The molecule has 3 heteroatoms. The summed E-state index contributed by atoms with van der Waals surface area (Å²) < 4.78 is 10.4. The molecule has 0 atom stereocenters. The predicted octanol–water partition coefficient (Wildman–Crippen LogP) is 2.79. The van der Waals surface area contributed by atoms with Crippen LogP contribution in [-0.2, 0) is 9.31 Å². The van der Waals surface area contributed by atoms with Gasteiger partial charge in [0.15, 0.2) is 0 Å². The molecule has 0 amide bonds. The molecule has 0 aliphatic carbocycles. The molecule has 0 aromatic carbocycles. The van der Waals surface area contributed by atoms with E-state index in [1.165, 1.54) is 20.5 Å². The molecule has 0 N–H and O–H groups in total. The van der Waals surface area contributed by atoms with Crippen LogP contribution in [0.15, 0.2) is 0 Å². The van der Waals surface area contributed by atoms with E-state index in [1.807, 2.05) is 0 Å². The highest BCUT2D eigenvalue weighted by Crippen LogP contribution is 2.12. The van der Waals surface area contributed by atoms with Gasteiger partial charge in [0.25, 0.3) is 0 Å². The standard InChI is InChI=1S/C10H22BO2/c1-5-6-7-8-12-11-13-9-10(2,3)4/h5-9H2,1-4H3. The van der Waals surface area contributed by atoms with Crippen LogP contribution in [0.1, 0.15) is 47.0 Å². The Labute approximate surface area is 83.3 Å². The largest absolute Gasteiger partial charge is 0.488 e. The molecular weight excluding hydrogens is 163 g/mol. The van der Waals surface area contributed by atoms with Gasteiger partial charge in [0.1, 0.15) is 0 Å². The molecule has 0 bridgehead atoms. The topological polar surface area (TPSA) is 18.5 Å². The van der Waals surface area contributed by atoms with Crippen LogP contribution in [-0.4, -0.2) is 20.9 Å². The first kappa shape index (κ1) is 13.0. The van der Waals surface area contributed by atoms with Crippen molar-refractivity contribution in [2.45, 2.75) is 47.0 Å². The molecule has 2 nitrogen and oxygen atoms in total. The molecule has 0 fully saturated rings. The van der Waals surface area contributed by atoms with Gasteiger partial charge >= 0.3 is 7.69 Å². The fourth-order valence-electron chi connectivity index (χ4n) is 0.816. The highest BCUT2D eigenvalue weighted by molar-refractivity contribution is 6.17. The minimum Gasteiger partial charge on any atom is -0.413 e. The molecule has 0 saturated carbocycles. The molecule has 0 unspecified atom stereocenters. The van der Waals surface area contributed by atoms with Crippen molar-refractivity contribution in [3.8, 4) is 0 Å². The molecule has 77 valence electrons. The monoisotopic (exact) mass is 185 g/mol. The number of rotatable bonds is 7. The fourth-order valence-corrected chi connectivity index (χ4v) is 0.816. The van der Waals surface area contributed by atoms with Crippen molar-refractivity contribution in [3.05, 3.63) is 0 Å². The zero-order chi connectivity index (χ0) is 10.2. The van der Waals surface area contributed by atoms with E-state index in [4.69, 9.17) is 9.31 Å². The summed E-state index contributed by atoms with van der Waals surface area (Å²) in [5.41, 5.74) is 0.212. The van der Waals surface area contributed by atoms with Crippen LogP contribution in [0, 0.1) is 5.41 Å². The quantitative estimate of drug-likeness (QED) is 0.448. The molecule has 0 rings (SSSR count). The lowest BCUT2D eigenvalue weighted by atomic mass is 9.98. The molecule has 0 aromatic heterocycles. The summed E-state index contributed by atoms with van der Waals surface area (Å²) in [5, 5.41) is 0. The first-order valence-electron chi connectivity index (χ1n) is 5.11. The summed E-state index contributed by atoms with van der Waals surface area (Å²) in [6, 6.07) is 0. The summed E-state index contributed by atoms with van der Waals surface area (Å²) >= 11 is 0. The van der Waals surface area contributed by atoms with E-state index in [9.17, 15) is 0 Å². The van der Waals surface area contributed by atoms with E-state index in [0.717, 1.165) is 13.0 Å². The van der Waals surface area contributed by atoms with Crippen molar-refractivity contribution in [2.75, 3.05) is 13.2 Å². The van der Waals surface area contributed by atoms with Crippen molar-refractivity contribution < 1.29 is 9.31 Å². The van der Waals surface area contributed by atoms with Crippen LogP contribution in [0.5, 0.6) is 0 Å². The van der Waals surface area contributed by atoms with Crippen molar-refractivity contribution in [1.82, 2.24) is 0 Å². The summed E-state index contributed by atoms with van der Waals surface area (Å²) in [7, 11) is 1.47. The second-order valence-corrected chi connectivity index (χ2v) is 4.55. The third kappa shape index (κ3) is 12.0. The van der Waals surface area contributed by atoms with Crippen LogP contribution in [0.4, 0.5) is 0 Å². The Morgan fingerprint density at radius 1 is 1.08 bits per heavy atom. The van der Waals surface area contributed by atoms with E-state index < -0.39 is 0 Å². The van der Waals surface area contributed by atoms with Crippen molar-refractivity contribution in [3.63, 3.8) is 0 Å². The van der Waals surface area contributed by atoms with Gasteiger partial charge in [-0.3, -0.25) is 0 Å². The maximum Gasteiger partial charge on any atom is 0.488 e. The molecule has 0 saturated heterocycles. The summed E-state index contributed by atoms with van der Waals surface area (Å²) in [5.74, 6) is 0. The first-order chi connectivity index (χ1) is 6.06. The Morgan fingerprint density at radius 3 is 2.31 bits per heavy atom. The SMILES string of the molecule is CCCCCO[B]OCC(C)(C)C. The zero-order valence-electron chi connectivity index (χ0n) is 9.43. The van der Waals surface area contributed by atoms with Gasteiger partial charge in [-0.2, -0.15) is 0 Å². The minimum atomic E-state index is 0.212. The Hall–Kier alpha value is -0.0151. The van der Waals surface area contributed by atoms with Crippen LogP contribution >= 0.6 is 0 Å². The lowest BCUT2D eigenvalue weighted by Gasteiger charge is -2.17. The van der Waals surface area contributed by atoms with Crippen molar-refractivity contribution >= 4 is 7.69 Å². The van der Waals surface area contributed by atoms with Gasteiger partial charge in [0.05, 0.1) is 0 Å². The van der Waals surface area contributed by atoms with E-state index >= 15 is 0 Å². The van der Waals surface area contributed by atoms with Gasteiger partial charge < -0.3 is 9.31 Å². The van der Waals surface area contributed by atoms with Crippen molar-refractivity contribution in [1.29, 1.82) is 0 Å². The average Bonchev–Trinajstić information content (AvgIpc) is 2.01. The minimum absolute atomic E-state index is 0.212. The smallest absolute Gasteiger partial charge is 0.413 e. The molecule has 0 aliphatic heterocycles. The highest BCUT2D eigenvalue weighted by Gasteiger charge is 2.10. The third-order valence-electron chi connectivity index (χ3n) is 1.52. The van der Waals surface area contributed by atoms with Gasteiger partial charge in [0, 0.05) is 13.2 Å². The normalized spacial score (nSPS) is 11.7. The lowest BCUT2D eigenvalue weighted by Crippen LogP contribution is -2.18. The van der Waals surface area contributed by atoms with Crippen LogP contribution in [0.25, 0.3) is 0 Å². The van der Waals surface area contributed by atoms with Gasteiger partial charge in [0.2, 0.25) is 0 Å².